The molecule has 2 heterocycles. The zero-order valence-electron chi connectivity index (χ0n) is 28.6. The summed E-state index contributed by atoms with van der Waals surface area (Å²) in [4.78, 5) is 67.5. The van der Waals surface area contributed by atoms with Gasteiger partial charge < -0.3 is 34.1 Å². The van der Waals surface area contributed by atoms with Crippen LogP contribution in [-0.2, 0) is 35.2 Å². The highest BCUT2D eigenvalue weighted by Crippen LogP contribution is 2.21. The minimum atomic E-state index is -1.17. The molecule has 50 heavy (non-hydrogen) atoms. The van der Waals surface area contributed by atoms with Gasteiger partial charge in [0.1, 0.15) is 24.1 Å². The lowest BCUT2D eigenvalue weighted by atomic mass is 10.1. The number of ether oxygens (including phenoxy) is 4. The number of rotatable bonds is 13. The number of piperazine rings is 1. The fraction of sp³-hybridized carbons (Fsp3) is 0.429. The Labute approximate surface area is 289 Å². The molecular weight excluding hydrogens is 653 g/mol. The largest absolute Gasteiger partial charge is 0.466 e. The molecule has 0 radical (unpaired) electrons. The molecule has 0 saturated carbocycles. The minimum Gasteiger partial charge on any atom is -0.466 e. The van der Waals surface area contributed by atoms with Gasteiger partial charge in [-0.25, -0.2) is 18.7 Å². The first-order valence-electron chi connectivity index (χ1n) is 16.2. The Hall–Kier alpha value is -5.47. The van der Waals surface area contributed by atoms with Gasteiger partial charge in [0.15, 0.2) is 12.3 Å². The van der Waals surface area contributed by atoms with Crippen LogP contribution in [0.5, 0.6) is 5.88 Å². The second kappa shape index (κ2) is 17.3. The standard InChI is InChI=1S/C35H42FN5O9/c1-5-47-34(46)40-18-16-39(17-19-40)33(45)27(14-15-30(42)50-35(2,3)4)37-32(44)28-21-29(41(38-28)26-13-9-12-25(36)20-26)48-23-31(43)49-22-24-10-7-6-8-11-24/h6-13,20-21,27H,5,14-19,22-23H2,1-4H3,(H,37,44). The van der Waals surface area contributed by atoms with Crippen molar-refractivity contribution in [1.82, 2.24) is 24.9 Å². The Bertz CT molecular complexity index is 1650. The van der Waals surface area contributed by atoms with Crippen LogP contribution in [0.3, 0.4) is 0 Å². The van der Waals surface area contributed by atoms with Crippen LogP contribution in [0.4, 0.5) is 9.18 Å². The second-order valence-electron chi connectivity index (χ2n) is 12.4. The molecule has 14 nitrogen and oxygen atoms in total. The van der Waals surface area contributed by atoms with Crippen molar-refractivity contribution >= 4 is 29.8 Å². The highest BCUT2D eigenvalue weighted by atomic mass is 19.1. The fourth-order valence-electron chi connectivity index (χ4n) is 4.97. The van der Waals surface area contributed by atoms with E-state index < -0.39 is 53.9 Å². The maximum atomic E-state index is 14.2. The van der Waals surface area contributed by atoms with E-state index in [1.165, 1.54) is 40.1 Å². The Kier molecular flexibility index (Phi) is 12.9. The van der Waals surface area contributed by atoms with Crippen molar-refractivity contribution in [2.75, 3.05) is 39.4 Å². The summed E-state index contributed by atoms with van der Waals surface area (Å²) in [7, 11) is 0. The van der Waals surface area contributed by atoms with E-state index in [1.54, 1.807) is 39.8 Å². The first-order chi connectivity index (χ1) is 23.8. The molecule has 1 aromatic heterocycles. The zero-order chi connectivity index (χ0) is 36.3. The van der Waals surface area contributed by atoms with Crippen LogP contribution >= 0.6 is 0 Å². The molecule has 3 aromatic rings. The third-order valence-corrected chi connectivity index (χ3v) is 7.32. The number of nitrogens with one attached hydrogen (secondary N) is 1. The van der Waals surface area contributed by atoms with Crippen molar-refractivity contribution < 1.29 is 47.3 Å². The summed E-state index contributed by atoms with van der Waals surface area (Å²) in [5.74, 6) is -3.14. The first kappa shape index (κ1) is 37.4. The van der Waals surface area contributed by atoms with E-state index in [0.717, 1.165) is 10.2 Å². The molecule has 15 heteroatoms. The minimum absolute atomic E-state index is 0.0242. The quantitative estimate of drug-likeness (QED) is 0.207. The maximum absolute atomic E-state index is 14.2. The number of nitrogens with zero attached hydrogens (tertiary/aromatic N) is 4. The summed E-state index contributed by atoms with van der Waals surface area (Å²) in [5.41, 5.74) is 0.0243. The highest BCUT2D eigenvalue weighted by molar-refractivity contribution is 5.96. The van der Waals surface area contributed by atoms with E-state index in [-0.39, 0.29) is 69.5 Å². The zero-order valence-corrected chi connectivity index (χ0v) is 28.6. The molecule has 0 spiro atoms. The Morgan fingerprint density at radius 1 is 0.900 bits per heavy atom. The van der Waals surface area contributed by atoms with Crippen LogP contribution in [0.2, 0.25) is 0 Å². The van der Waals surface area contributed by atoms with E-state index in [2.05, 4.69) is 10.4 Å². The normalized spacial score (nSPS) is 13.6. The van der Waals surface area contributed by atoms with E-state index >= 15 is 0 Å². The van der Waals surface area contributed by atoms with Crippen LogP contribution in [0, 0.1) is 5.82 Å². The number of halogens is 1. The van der Waals surface area contributed by atoms with E-state index in [4.69, 9.17) is 18.9 Å². The highest BCUT2D eigenvalue weighted by Gasteiger charge is 2.32. The number of carbonyl (C=O) groups is 5. The summed E-state index contributed by atoms with van der Waals surface area (Å²) in [6.45, 7) is 7.38. The second-order valence-corrected chi connectivity index (χ2v) is 12.4. The van der Waals surface area contributed by atoms with Crippen LogP contribution in [0.1, 0.15) is 56.6 Å². The molecular formula is C35H42FN5O9. The van der Waals surface area contributed by atoms with Crippen LogP contribution in [0.25, 0.3) is 5.69 Å². The topological polar surface area (TPSA) is 159 Å². The van der Waals surface area contributed by atoms with Gasteiger partial charge in [0.05, 0.1) is 12.3 Å². The lowest BCUT2D eigenvalue weighted by Gasteiger charge is -2.36. The van der Waals surface area contributed by atoms with Crippen LogP contribution in [0.15, 0.2) is 60.7 Å². The number of carbonyl (C=O) groups excluding carboxylic acids is 5. The van der Waals surface area contributed by atoms with Gasteiger partial charge in [-0.1, -0.05) is 36.4 Å². The molecule has 268 valence electrons. The van der Waals surface area contributed by atoms with Crippen molar-refractivity contribution in [1.29, 1.82) is 0 Å². The van der Waals surface area contributed by atoms with Crippen LogP contribution in [-0.4, -0.2) is 100 Å². The van der Waals surface area contributed by atoms with Crippen molar-refractivity contribution in [2.45, 2.75) is 58.8 Å². The van der Waals surface area contributed by atoms with Gasteiger partial charge in [0.2, 0.25) is 11.8 Å². The number of benzene rings is 2. The van der Waals surface area contributed by atoms with Gasteiger partial charge in [-0.2, -0.15) is 5.10 Å². The van der Waals surface area contributed by atoms with Crippen molar-refractivity contribution in [3.05, 3.63) is 77.7 Å². The monoisotopic (exact) mass is 695 g/mol. The van der Waals surface area contributed by atoms with E-state index in [9.17, 15) is 28.4 Å². The molecule has 2 aromatic carbocycles. The molecule has 4 rings (SSSR count). The number of hydrogen-bond donors (Lipinski definition) is 1. The third kappa shape index (κ3) is 11.0. The van der Waals surface area contributed by atoms with E-state index in [1.807, 2.05) is 18.2 Å². The Morgan fingerprint density at radius 3 is 2.26 bits per heavy atom. The van der Waals surface area contributed by atoms with Gasteiger partial charge in [0, 0.05) is 38.7 Å². The van der Waals surface area contributed by atoms with Gasteiger partial charge >= 0.3 is 18.0 Å². The molecule has 1 N–H and O–H groups in total. The van der Waals surface area contributed by atoms with Crippen LogP contribution < -0.4 is 10.1 Å². The molecule has 1 aliphatic rings. The lowest BCUT2D eigenvalue weighted by Crippen LogP contribution is -2.56. The van der Waals surface area contributed by atoms with Crippen molar-refractivity contribution in [3.8, 4) is 11.6 Å². The van der Waals surface area contributed by atoms with Crippen molar-refractivity contribution in [2.24, 2.45) is 0 Å². The molecule has 1 saturated heterocycles. The Balaban J connectivity index is 1.51. The van der Waals surface area contributed by atoms with Gasteiger partial charge in [0.25, 0.3) is 5.91 Å². The molecule has 3 amide bonds. The number of hydrogen-bond acceptors (Lipinski definition) is 10. The molecule has 1 atom stereocenters. The van der Waals surface area contributed by atoms with Gasteiger partial charge in [-0.15, -0.1) is 0 Å². The number of amides is 3. The van der Waals surface area contributed by atoms with Crippen molar-refractivity contribution in [3.63, 3.8) is 0 Å². The SMILES string of the molecule is CCOC(=O)N1CCN(C(=O)C(CCC(=O)OC(C)(C)C)NC(=O)c2cc(OCC(=O)OCc3ccccc3)n(-c3cccc(F)c3)n2)CC1. The fourth-order valence-corrected chi connectivity index (χ4v) is 4.97. The lowest BCUT2D eigenvalue weighted by molar-refractivity contribution is -0.155. The summed E-state index contributed by atoms with van der Waals surface area (Å²) in [6.07, 6.45) is -0.738. The molecule has 0 bridgehead atoms. The average Bonchev–Trinajstić information content (AvgIpc) is 3.52. The summed E-state index contributed by atoms with van der Waals surface area (Å²) >= 11 is 0. The Morgan fingerprint density at radius 2 is 1.60 bits per heavy atom. The molecule has 1 aliphatic heterocycles. The summed E-state index contributed by atoms with van der Waals surface area (Å²) < 4.78 is 36.7. The number of aromatic nitrogens is 2. The number of esters is 2. The van der Waals surface area contributed by atoms with Gasteiger partial charge in [-0.3, -0.25) is 14.4 Å². The molecule has 1 unspecified atom stereocenters. The molecule has 0 aliphatic carbocycles. The third-order valence-electron chi connectivity index (χ3n) is 7.32. The molecule has 1 fully saturated rings. The summed E-state index contributed by atoms with van der Waals surface area (Å²) in [5, 5.41) is 6.96. The predicted molar refractivity (Wildman–Crippen MR) is 177 cm³/mol. The smallest absolute Gasteiger partial charge is 0.409 e. The van der Waals surface area contributed by atoms with Gasteiger partial charge in [-0.05, 0) is 57.9 Å². The average molecular weight is 696 g/mol. The maximum Gasteiger partial charge on any atom is 0.409 e. The predicted octanol–water partition coefficient (Wildman–Crippen LogP) is 3.65. The summed E-state index contributed by atoms with van der Waals surface area (Å²) in [6, 6.07) is 14.5. The van der Waals surface area contributed by atoms with E-state index in [0.29, 0.717) is 0 Å². The first-order valence-corrected chi connectivity index (χ1v) is 16.2.